The van der Waals surface area contributed by atoms with Crippen molar-refractivity contribution in [3.63, 3.8) is 0 Å². The first-order valence-corrected chi connectivity index (χ1v) is 12.5. The molecule has 0 aliphatic rings. The third-order valence-corrected chi connectivity index (χ3v) is 4.71. The maximum atomic E-state index is 12.4. The molecule has 5 N–H and O–H groups in total. The SMILES string of the molecule is CC.CC(=O)COCCOCCNC(=O)C(C)(C)NC(=O)CCC(NC=[N+](C)C(C)(C)C)C(=O)O.O=CO. The van der Waals surface area contributed by atoms with E-state index in [-0.39, 0.29) is 62.9 Å². The number of carboxylic acid groups (broad SMARTS) is 2. The van der Waals surface area contributed by atoms with Crippen molar-refractivity contribution in [1.82, 2.24) is 16.0 Å². The summed E-state index contributed by atoms with van der Waals surface area (Å²) in [4.78, 5) is 55.3. The van der Waals surface area contributed by atoms with Crippen molar-refractivity contribution in [3.05, 3.63) is 0 Å². The summed E-state index contributed by atoms with van der Waals surface area (Å²) in [5, 5.41) is 24.4. The Balaban J connectivity index is -0.00000227. The highest BCUT2D eigenvalue weighted by Crippen LogP contribution is 2.06. The van der Waals surface area contributed by atoms with Gasteiger partial charge >= 0.3 is 5.97 Å². The van der Waals surface area contributed by atoms with E-state index in [1.807, 2.05) is 46.2 Å². The maximum Gasteiger partial charge on any atom is 0.348 e. The minimum Gasteiger partial charge on any atom is -0.483 e. The highest BCUT2D eigenvalue weighted by Gasteiger charge is 2.30. The van der Waals surface area contributed by atoms with E-state index >= 15 is 0 Å². The summed E-state index contributed by atoms with van der Waals surface area (Å²) in [6, 6.07) is -0.936. The Hall–Kier alpha value is -3.06. The number of carbonyl (C=O) groups is 5. The van der Waals surface area contributed by atoms with E-state index in [9.17, 15) is 24.3 Å². The normalized spacial score (nSPS) is 12.0. The van der Waals surface area contributed by atoms with Gasteiger partial charge in [0.15, 0.2) is 11.8 Å². The fourth-order valence-electron chi connectivity index (χ4n) is 2.31. The summed E-state index contributed by atoms with van der Waals surface area (Å²) in [6.45, 7) is 15.4. The van der Waals surface area contributed by atoms with Gasteiger partial charge in [-0.2, -0.15) is 0 Å². The number of carbonyl (C=O) groups excluding carboxylic acids is 3. The van der Waals surface area contributed by atoms with Crippen LogP contribution in [0.1, 0.15) is 68.2 Å². The van der Waals surface area contributed by atoms with Gasteiger partial charge in [0.1, 0.15) is 12.1 Å². The Morgan fingerprint density at radius 3 is 2.00 bits per heavy atom. The summed E-state index contributed by atoms with van der Waals surface area (Å²) in [5.41, 5.74) is -1.36. The molecule has 0 aliphatic carbocycles. The van der Waals surface area contributed by atoms with Gasteiger partial charge in [0.25, 0.3) is 6.47 Å². The van der Waals surface area contributed by atoms with E-state index in [1.54, 1.807) is 20.2 Å². The average Bonchev–Trinajstić information content (AvgIpc) is 2.80. The Labute approximate surface area is 226 Å². The van der Waals surface area contributed by atoms with Crippen LogP contribution in [0.5, 0.6) is 0 Å². The summed E-state index contributed by atoms with van der Waals surface area (Å²) in [6.07, 6.45) is 1.59. The Morgan fingerprint density at radius 2 is 1.53 bits per heavy atom. The highest BCUT2D eigenvalue weighted by atomic mass is 16.5. The van der Waals surface area contributed by atoms with Gasteiger partial charge in [0.05, 0.1) is 32.4 Å². The first kappa shape index (κ1) is 39.5. The van der Waals surface area contributed by atoms with Crippen LogP contribution in [0.2, 0.25) is 0 Å². The second-order valence-corrected chi connectivity index (χ2v) is 9.41. The smallest absolute Gasteiger partial charge is 0.348 e. The van der Waals surface area contributed by atoms with Gasteiger partial charge in [-0.05, 0) is 41.5 Å². The number of hydrogen-bond donors (Lipinski definition) is 5. The Bertz CT molecular complexity index is 748. The molecular formula is C25H49N4O9+. The van der Waals surface area contributed by atoms with Gasteiger partial charge in [-0.15, -0.1) is 0 Å². The fourth-order valence-corrected chi connectivity index (χ4v) is 2.31. The molecule has 0 radical (unpaired) electrons. The predicted molar refractivity (Wildman–Crippen MR) is 143 cm³/mol. The molecule has 1 atom stereocenters. The zero-order valence-electron chi connectivity index (χ0n) is 24.4. The molecule has 0 aromatic rings. The number of nitrogens with one attached hydrogen (secondary N) is 3. The molecule has 0 aromatic carbocycles. The second-order valence-electron chi connectivity index (χ2n) is 9.41. The average molecular weight is 550 g/mol. The van der Waals surface area contributed by atoms with E-state index in [0.717, 1.165) is 0 Å². The van der Waals surface area contributed by atoms with Gasteiger partial charge in [0.2, 0.25) is 18.2 Å². The van der Waals surface area contributed by atoms with E-state index < -0.39 is 23.5 Å². The maximum absolute atomic E-state index is 12.4. The van der Waals surface area contributed by atoms with E-state index in [2.05, 4.69) is 16.0 Å². The first-order valence-electron chi connectivity index (χ1n) is 12.5. The van der Waals surface area contributed by atoms with Gasteiger partial charge < -0.3 is 30.3 Å². The molecule has 0 aromatic heterocycles. The fraction of sp³-hybridized carbons (Fsp3) is 0.760. The summed E-state index contributed by atoms with van der Waals surface area (Å²) < 4.78 is 12.2. The Morgan fingerprint density at radius 1 is 1.00 bits per heavy atom. The molecule has 13 nitrogen and oxygen atoms in total. The number of ketones is 1. The molecular weight excluding hydrogens is 500 g/mol. The molecule has 222 valence electrons. The quantitative estimate of drug-likeness (QED) is 0.0602. The number of rotatable bonds is 16. The lowest BCUT2D eigenvalue weighted by atomic mass is 10.0. The molecule has 0 bridgehead atoms. The standard InChI is InChI=1S/C22H40N4O7.C2H6.CH2O2/c1-16(27)14-33-13-12-32-11-10-23-20(31)22(5,6)25-18(28)9-8-17(19(29)30)24-15-26(7)21(2,3)4;1-2;2-1-3/h15,17H,8-14H2,1-7H3,(H3,23,25,28,29,30,31);1-2H3;1H,(H,2,3)/p+1. The monoisotopic (exact) mass is 549 g/mol. The molecule has 1 unspecified atom stereocenters. The number of nitrogens with zero attached hydrogens (tertiary/aromatic N) is 1. The van der Waals surface area contributed by atoms with Gasteiger partial charge in [-0.1, -0.05) is 13.8 Å². The van der Waals surface area contributed by atoms with Gasteiger partial charge in [0, 0.05) is 19.4 Å². The van der Waals surface area contributed by atoms with Crippen molar-refractivity contribution in [3.8, 4) is 0 Å². The zero-order valence-corrected chi connectivity index (χ0v) is 24.4. The van der Waals surface area contributed by atoms with Crippen LogP contribution in [0.15, 0.2) is 0 Å². The van der Waals surface area contributed by atoms with E-state index in [0.29, 0.717) is 6.61 Å². The molecule has 38 heavy (non-hydrogen) atoms. The molecule has 0 heterocycles. The largest absolute Gasteiger partial charge is 0.483 e. The molecule has 0 saturated carbocycles. The topological polar surface area (TPSA) is 183 Å². The third kappa shape index (κ3) is 22.2. The van der Waals surface area contributed by atoms with Crippen molar-refractivity contribution in [2.45, 2.75) is 85.4 Å². The van der Waals surface area contributed by atoms with E-state index in [4.69, 9.17) is 19.4 Å². The number of Topliss-reactive ketones (excluding diaryl/α,β-unsaturated/α-hetero) is 1. The number of amides is 2. The van der Waals surface area contributed by atoms with Crippen LogP contribution in [0.25, 0.3) is 0 Å². The minimum atomic E-state index is -1.17. The van der Waals surface area contributed by atoms with Gasteiger partial charge in [-0.25, -0.2) is 4.79 Å². The van der Waals surface area contributed by atoms with Gasteiger partial charge in [-0.3, -0.25) is 29.1 Å². The minimum absolute atomic E-state index is 0.0451. The molecule has 0 rings (SSSR count). The Kier molecular flexibility index (Phi) is 22.8. The molecule has 13 heteroatoms. The molecule has 0 saturated heterocycles. The third-order valence-electron chi connectivity index (χ3n) is 4.71. The van der Waals surface area contributed by atoms with Crippen molar-refractivity contribution in [1.29, 1.82) is 0 Å². The molecule has 0 fully saturated rings. The first-order chi connectivity index (χ1) is 17.6. The van der Waals surface area contributed by atoms with Crippen molar-refractivity contribution in [2.75, 3.05) is 40.0 Å². The second kappa shape index (κ2) is 22.0. The number of ether oxygens (including phenoxy) is 2. The van der Waals surface area contributed by atoms with Crippen LogP contribution in [-0.2, 0) is 33.4 Å². The van der Waals surface area contributed by atoms with Crippen LogP contribution in [0.3, 0.4) is 0 Å². The lowest BCUT2D eigenvalue weighted by Crippen LogP contribution is -2.55. The molecule has 0 spiro atoms. The summed E-state index contributed by atoms with van der Waals surface area (Å²) >= 11 is 0. The molecule has 0 aliphatic heterocycles. The highest BCUT2D eigenvalue weighted by molar-refractivity contribution is 5.90. The van der Waals surface area contributed by atoms with Crippen LogP contribution >= 0.6 is 0 Å². The number of carboxylic acids is 1. The van der Waals surface area contributed by atoms with Crippen LogP contribution < -0.4 is 16.0 Å². The van der Waals surface area contributed by atoms with Crippen molar-refractivity contribution >= 4 is 36.4 Å². The van der Waals surface area contributed by atoms with Crippen LogP contribution in [0.4, 0.5) is 0 Å². The number of aliphatic carboxylic acids is 1. The lowest BCUT2D eigenvalue weighted by molar-refractivity contribution is -0.567. The summed E-state index contributed by atoms with van der Waals surface area (Å²) in [7, 11) is 1.83. The molecule has 2 amide bonds. The van der Waals surface area contributed by atoms with Crippen molar-refractivity contribution in [2.24, 2.45) is 0 Å². The van der Waals surface area contributed by atoms with E-state index in [1.165, 1.54) is 6.92 Å². The summed E-state index contributed by atoms with van der Waals surface area (Å²) in [5.74, 6) is -1.94. The van der Waals surface area contributed by atoms with Crippen LogP contribution in [0, 0.1) is 0 Å². The van der Waals surface area contributed by atoms with Crippen molar-refractivity contribution < 1.29 is 48.2 Å². The zero-order chi connectivity index (χ0) is 30.4. The lowest BCUT2D eigenvalue weighted by Gasteiger charge is -2.25. The predicted octanol–water partition coefficient (Wildman–Crippen LogP) is 0.639. The van der Waals surface area contributed by atoms with Crippen LogP contribution in [-0.4, -0.2) is 108 Å². The number of hydrogen-bond acceptors (Lipinski definition) is 7.